The van der Waals surface area contributed by atoms with Gasteiger partial charge in [0.2, 0.25) is 5.75 Å². The zero-order valence-electron chi connectivity index (χ0n) is 11.1. The highest BCUT2D eigenvalue weighted by Gasteiger charge is 2.16. The molecule has 0 amide bonds. The lowest BCUT2D eigenvalue weighted by Crippen LogP contribution is -1.97. The summed E-state index contributed by atoms with van der Waals surface area (Å²) in [7, 11) is 3.05. The maximum atomic E-state index is 11.1. The van der Waals surface area contributed by atoms with Crippen LogP contribution in [-0.2, 0) is 0 Å². The molecular weight excluding hydrogens is 280 g/mol. The van der Waals surface area contributed by atoms with E-state index in [1.807, 2.05) is 0 Å². The minimum atomic E-state index is 0.270. The zero-order chi connectivity index (χ0) is 14.5. The quantitative estimate of drug-likeness (QED) is 0.782. The van der Waals surface area contributed by atoms with Crippen molar-refractivity contribution in [2.45, 2.75) is 0 Å². The summed E-state index contributed by atoms with van der Waals surface area (Å²) in [5.74, 6) is 1.61. The zero-order valence-corrected chi connectivity index (χ0v) is 11.8. The van der Waals surface area contributed by atoms with Crippen molar-refractivity contribution in [3.05, 3.63) is 47.0 Å². The number of ether oxygens (including phenoxy) is 3. The predicted molar refractivity (Wildman–Crippen MR) is 76.5 cm³/mol. The van der Waals surface area contributed by atoms with Crippen molar-refractivity contribution in [1.82, 2.24) is 0 Å². The molecule has 0 aliphatic carbocycles. The smallest absolute Gasteiger partial charge is 0.211 e. The Labute approximate surface area is 121 Å². The van der Waals surface area contributed by atoms with Crippen LogP contribution >= 0.6 is 11.6 Å². The van der Waals surface area contributed by atoms with Gasteiger partial charge in [-0.1, -0.05) is 23.7 Å². The van der Waals surface area contributed by atoms with E-state index in [4.69, 9.17) is 25.8 Å². The maximum Gasteiger partial charge on any atom is 0.211 e. The van der Waals surface area contributed by atoms with Crippen molar-refractivity contribution >= 4 is 17.9 Å². The predicted octanol–water partition coefficient (Wildman–Crippen LogP) is 3.96. The Morgan fingerprint density at radius 1 is 0.950 bits per heavy atom. The number of benzene rings is 2. The molecular formula is C15H13ClO4. The van der Waals surface area contributed by atoms with E-state index >= 15 is 0 Å². The van der Waals surface area contributed by atoms with Gasteiger partial charge in [-0.2, -0.15) is 0 Å². The van der Waals surface area contributed by atoms with Crippen molar-refractivity contribution in [2.75, 3.05) is 14.2 Å². The Kier molecular flexibility index (Phi) is 4.48. The molecule has 2 rings (SSSR count). The van der Waals surface area contributed by atoms with E-state index in [9.17, 15) is 4.79 Å². The average molecular weight is 293 g/mol. The number of rotatable bonds is 5. The molecule has 0 unspecified atom stereocenters. The summed E-state index contributed by atoms with van der Waals surface area (Å²) in [4.78, 5) is 11.1. The van der Waals surface area contributed by atoms with Crippen LogP contribution in [0.3, 0.4) is 0 Å². The molecule has 4 nitrogen and oxygen atoms in total. The SMILES string of the molecule is COc1cccc(OC)c1Oc1c(Cl)cccc1C=O. The van der Waals surface area contributed by atoms with Crippen molar-refractivity contribution in [2.24, 2.45) is 0 Å². The number of halogens is 1. The molecule has 0 radical (unpaired) electrons. The summed E-state index contributed by atoms with van der Waals surface area (Å²) in [6.45, 7) is 0. The van der Waals surface area contributed by atoms with Crippen LogP contribution in [-0.4, -0.2) is 20.5 Å². The molecule has 104 valence electrons. The van der Waals surface area contributed by atoms with Crippen molar-refractivity contribution < 1.29 is 19.0 Å². The third-order valence-corrected chi connectivity index (χ3v) is 3.01. The molecule has 20 heavy (non-hydrogen) atoms. The van der Waals surface area contributed by atoms with Crippen molar-refractivity contribution in [3.8, 4) is 23.0 Å². The number of carbonyl (C=O) groups is 1. The van der Waals surface area contributed by atoms with Gasteiger partial charge in [0.05, 0.1) is 24.8 Å². The third kappa shape index (κ3) is 2.70. The lowest BCUT2D eigenvalue weighted by molar-refractivity contribution is 0.112. The molecule has 0 atom stereocenters. The average Bonchev–Trinajstić information content (AvgIpc) is 2.49. The number of aldehydes is 1. The van der Waals surface area contributed by atoms with E-state index in [-0.39, 0.29) is 5.75 Å². The molecule has 0 saturated heterocycles. The lowest BCUT2D eigenvalue weighted by Gasteiger charge is -2.15. The van der Waals surface area contributed by atoms with Crippen LogP contribution in [0.2, 0.25) is 5.02 Å². The van der Waals surface area contributed by atoms with Crippen LogP contribution in [0.15, 0.2) is 36.4 Å². The summed E-state index contributed by atoms with van der Waals surface area (Å²) < 4.78 is 16.2. The van der Waals surface area contributed by atoms with Crippen LogP contribution in [0.5, 0.6) is 23.0 Å². The number of methoxy groups -OCH3 is 2. The monoisotopic (exact) mass is 292 g/mol. The Balaban J connectivity index is 2.52. The molecule has 0 heterocycles. The van der Waals surface area contributed by atoms with E-state index in [1.165, 1.54) is 14.2 Å². The summed E-state index contributed by atoms with van der Waals surface area (Å²) in [5.41, 5.74) is 0.352. The molecule has 0 aliphatic rings. The van der Waals surface area contributed by atoms with Gasteiger partial charge >= 0.3 is 0 Å². The molecule has 2 aromatic rings. The van der Waals surface area contributed by atoms with E-state index in [0.717, 1.165) is 0 Å². The van der Waals surface area contributed by atoms with Gasteiger partial charge in [0.25, 0.3) is 0 Å². The Hall–Kier alpha value is -2.20. The first-order valence-electron chi connectivity index (χ1n) is 5.83. The van der Waals surface area contributed by atoms with Gasteiger partial charge in [0.1, 0.15) is 0 Å². The number of para-hydroxylation sites is 2. The number of carbonyl (C=O) groups excluding carboxylic acids is 1. The van der Waals surface area contributed by atoms with Gasteiger partial charge in [-0.3, -0.25) is 4.79 Å². The highest BCUT2D eigenvalue weighted by Crippen LogP contribution is 2.42. The Morgan fingerprint density at radius 3 is 2.10 bits per heavy atom. The second kappa shape index (κ2) is 6.30. The first kappa shape index (κ1) is 14.2. The van der Waals surface area contributed by atoms with E-state index in [2.05, 4.69) is 0 Å². The number of hydrogen-bond donors (Lipinski definition) is 0. The van der Waals surface area contributed by atoms with Gasteiger partial charge in [-0.15, -0.1) is 0 Å². The molecule has 0 aliphatic heterocycles. The fraction of sp³-hybridized carbons (Fsp3) is 0.133. The van der Waals surface area contributed by atoms with Gasteiger partial charge in [0.15, 0.2) is 23.5 Å². The molecule has 0 saturated carbocycles. The summed E-state index contributed by atoms with van der Waals surface area (Å²) in [5, 5.41) is 0.336. The second-order valence-electron chi connectivity index (χ2n) is 3.87. The Morgan fingerprint density at radius 2 is 1.55 bits per heavy atom. The second-order valence-corrected chi connectivity index (χ2v) is 4.28. The molecule has 0 N–H and O–H groups in total. The molecule has 0 aromatic heterocycles. The standard InChI is InChI=1S/C15H13ClO4/c1-18-12-7-4-8-13(19-2)15(12)20-14-10(9-17)5-3-6-11(14)16/h3-9H,1-2H3. The summed E-state index contributed by atoms with van der Waals surface area (Å²) in [6, 6.07) is 10.2. The van der Waals surface area contributed by atoms with E-state index in [1.54, 1.807) is 36.4 Å². The van der Waals surface area contributed by atoms with Crippen LogP contribution in [0.1, 0.15) is 10.4 Å². The van der Waals surface area contributed by atoms with Crippen LogP contribution in [0, 0.1) is 0 Å². The minimum Gasteiger partial charge on any atom is -0.493 e. The molecule has 2 aromatic carbocycles. The van der Waals surface area contributed by atoms with Gasteiger partial charge in [-0.25, -0.2) is 0 Å². The van der Waals surface area contributed by atoms with Crippen LogP contribution in [0.25, 0.3) is 0 Å². The fourth-order valence-electron chi connectivity index (χ4n) is 1.75. The van der Waals surface area contributed by atoms with Crippen LogP contribution in [0.4, 0.5) is 0 Å². The normalized spacial score (nSPS) is 9.95. The van der Waals surface area contributed by atoms with E-state index < -0.39 is 0 Å². The number of hydrogen-bond acceptors (Lipinski definition) is 4. The third-order valence-electron chi connectivity index (χ3n) is 2.71. The molecule has 5 heteroatoms. The molecule has 0 bridgehead atoms. The largest absolute Gasteiger partial charge is 0.493 e. The summed E-state index contributed by atoms with van der Waals surface area (Å²) >= 11 is 6.08. The first-order valence-corrected chi connectivity index (χ1v) is 6.21. The molecule has 0 fully saturated rings. The van der Waals surface area contributed by atoms with Gasteiger partial charge < -0.3 is 14.2 Å². The Bertz CT molecular complexity index is 603. The van der Waals surface area contributed by atoms with Gasteiger partial charge in [0, 0.05) is 0 Å². The van der Waals surface area contributed by atoms with Gasteiger partial charge in [-0.05, 0) is 24.3 Å². The van der Waals surface area contributed by atoms with Crippen molar-refractivity contribution in [1.29, 1.82) is 0 Å². The fourth-order valence-corrected chi connectivity index (χ4v) is 1.97. The first-order chi connectivity index (χ1) is 9.71. The lowest BCUT2D eigenvalue weighted by atomic mass is 10.2. The van der Waals surface area contributed by atoms with E-state index in [0.29, 0.717) is 34.1 Å². The van der Waals surface area contributed by atoms with Crippen LogP contribution < -0.4 is 14.2 Å². The maximum absolute atomic E-state index is 11.1. The molecule has 0 spiro atoms. The summed E-state index contributed by atoms with van der Waals surface area (Å²) in [6.07, 6.45) is 0.684. The topological polar surface area (TPSA) is 44.8 Å². The van der Waals surface area contributed by atoms with Crippen molar-refractivity contribution in [3.63, 3.8) is 0 Å². The highest BCUT2D eigenvalue weighted by atomic mass is 35.5. The minimum absolute atomic E-state index is 0.270. The highest BCUT2D eigenvalue weighted by molar-refractivity contribution is 6.32.